The van der Waals surface area contributed by atoms with Crippen LogP contribution in [0.1, 0.15) is 6.42 Å². The van der Waals surface area contributed by atoms with Crippen LogP contribution in [0.5, 0.6) is 0 Å². The van der Waals surface area contributed by atoms with E-state index in [0.29, 0.717) is 10.9 Å². The lowest BCUT2D eigenvalue weighted by atomic mass is 10.3. The summed E-state index contributed by atoms with van der Waals surface area (Å²) in [5, 5.41) is 8.49. The topological polar surface area (TPSA) is 70.0 Å². The molecule has 1 aromatic carbocycles. The summed E-state index contributed by atoms with van der Waals surface area (Å²) in [4.78, 5) is 28.0. The summed E-state index contributed by atoms with van der Waals surface area (Å²) in [7, 11) is 1.54. The van der Waals surface area contributed by atoms with Crippen LogP contribution in [0.2, 0.25) is 0 Å². The predicted molar refractivity (Wildman–Crippen MR) is 69.9 cm³/mol. The molecule has 5 nitrogen and oxygen atoms in total. The third-order valence-electron chi connectivity index (χ3n) is 2.55. The maximum absolute atomic E-state index is 12.8. The van der Waals surface area contributed by atoms with E-state index >= 15 is 0 Å². The van der Waals surface area contributed by atoms with Gasteiger partial charge in [-0.1, -0.05) is 11.8 Å². The highest BCUT2D eigenvalue weighted by Crippen LogP contribution is 2.30. The van der Waals surface area contributed by atoms with Gasteiger partial charge in [0.1, 0.15) is 11.1 Å². The van der Waals surface area contributed by atoms with Crippen LogP contribution in [0.3, 0.4) is 0 Å². The van der Waals surface area contributed by atoms with Crippen molar-refractivity contribution in [3.63, 3.8) is 0 Å². The second-order valence-corrected chi connectivity index (χ2v) is 5.14. The van der Waals surface area contributed by atoms with E-state index in [9.17, 15) is 14.0 Å². The lowest BCUT2D eigenvalue weighted by Gasteiger charge is -2.08. The van der Waals surface area contributed by atoms with Crippen molar-refractivity contribution in [1.82, 2.24) is 4.90 Å². The summed E-state index contributed by atoms with van der Waals surface area (Å²) in [6.07, 6.45) is -0.240. The quantitative estimate of drug-likeness (QED) is 0.918. The molecular formula is C12H11FN2O3S. The standard InChI is InChI=1S/C12H11FN2O3S/c1-15-11(18)9(6-10(16)17)19-12(15)14-8-4-2-7(13)3-5-8/h2-5,9H,6H2,1H3,(H,16,17). The molecule has 0 aromatic heterocycles. The zero-order chi connectivity index (χ0) is 14.0. The SMILES string of the molecule is CN1C(=O)C(CC(=O)O)SC1=Nc1ccc(F)cc1. The molecule has 0 bridgehead atoms. The van der Waals surface area contributed by atoms with Crippen LogP contribution in [0.15, 0.2) is 29.3 Å². The Morgan fingerprint density at radius 3 is 2.68 bits per heavy atom. The number of hydrogen-bond donors (Lipinski definition) is 1. The van der Waals surface area contributed by atoms with Crippen LogP contribution in [0.25, 0.3) is 0 Å². The number of halogens is 1. The molecule has 1 heterocycles. The average Bonchev–Trinajstić information content (AvgIpc) is 2.60. The first-order valence-electron chi connectivity index (χ1n) is 5.47. The molecule has 0 saturated carbocycles. The summed E-state index contributed by atoms with van der Waals surface area (Å²) in [5.41, 5.74) is 0.513. The third kappa shape index (κ3) is 3.11. The number of aliphatic imine (C=N–C) groups is 1. The Morgan fingerprint density at radius 2 is 2.11 bits per heavy atom. The van der Waals surface area contributed by atoms with Crippen molar-refractivity contribution in [3.05, 3.63) is 30.1 Å². The fourth-order valence-electron chi connectivity index (χ4n) is 1.58. The number of aliphatic carboxylic acids is 1. The zero-order valence-corrected chi connectivity index (χ0v) is 10.9. The number of thioether (sulfide) groups is 1. The van der Waals surface area contributed by atoms with E-state index in [1.807, 2.05) is 0 Å². The largest absolute Gasteiger partial charge is 0.481 e. The van der Waals surface area contributed by atoms with Crippen molar-refractivity contribution in [1.29, 1.82) is 0 Å². The van der Waals surface area contributed by atoms with Gasteiger partial charge in [-0.05, 0) is 24.3 Å². The molecule has 1 atom stereocenters. The maximum atomic E-state index is 12.8. The number of rotatable bonds is 3. The van der Waals surface area contributed by atoms with E-state index in [2.05, 4.69) is 4.99 Å². The second-order valence-electron chi connectivity index (χ2n) is 3.97. The van der Waals surface area contributed by atoms with E-state index in [-0.39, 0.29) is 18.1 Å². The minimum Gasteiger partial charge on any atom is -0.481 e. The van der Waals surface area contributed by atoms with Gasteiger partial charge in [0.15, 0.2) is 5.17 Å². The van der Waals surface area contributed by atoms with Crippen LogP contribution in [-0.4, -0.2) is 39.3 Å². The molecule has 7 heteroatoms. The normalized spacial score (nSPS) is 21.2. The number of hydrogen-bond acceptors (Lipinski definition) is 4. The zero-order valence-electron chi connectivity index (χ0n) is 10.0. The van der Waals surface area contributed by atoms with Crippen LogP contribution in [-0.2, 0) is 9.59 Å². The van der Waals surface area contributed by atoms with Gasteiger partial charge < -0.3 is 5.11 Å². The Labute approximate surface area is 113 Å². The summed E-state index contributed by atoms with van der Waals surface area (Å²) in [6, 6.07) is 5.53. The molecule has 100 valence electrons. The van der Waals surface area contributed by atoms with E-state index in [1.165, 1.54) is 29.2 Å². The monoisotopic (exact) mass is 282 g/mol. The Bertz CT molecular complexity index is 544. The van der Waals surface area contributed by atoms with Crippen molar-refractivity contribution in [2.75, 3.05) is 7.05 Å². The number of amidine groups is 1. The predicted octanol–water partition coefficient (Wildman–Crippen LogP) is 1.86. The maximum Gasteiger partial charge on any atom is 0.305 e. The molecule has 1 N–H and O–H groups in total. The van der Waals surface area contributed by atoms with Gasteiger partial charge in [-0.2, -0.15) is 0 Å². The smallest absolute Gasteiger partial charge is 0.305 e. The van der Waals surface area contributed by atoms with Crippen LogP contribution >= 0.6 is 11.8 Å². The molecule has 2 rings (SSSR count). The summed E-state index contributed by atoms with van der Waals surface area (Å²) in [5.74, 6) is -1.67. The van der Waals surface area contributed by atoms with E-state index in [0.717, 1.165) is 11.8 Å². The number of carboxylic acid groups (broad SMARTS) is 1. The van der Waals surface area contributed by atoms with Gasteiger partial charge in [-0.25, -0.2) is 9.38 Å². The number of amides is 1. The summed E-state index contributed by atoms with van der Waals surface area (Å²) in [6.45, 7) is 0. The number of benzene rings is 1. The number of nitrogens with zero attached hydrogens (tertiary/aromatic N) is 2. The van der Waals surface area contributed by atoms with Crippen LogP contribution in [0, 0.1) is 5.82 Å². The van der Waals surface area contributed by atoms with Gasteiger partial charge in [0.2, 0.25) is 5.91 Å². The highest BCUT2D eigenvalue weighted by Gasteiger charge is 2.36. The van der Waals surface area contributed by atoms with Crippen LogP contribution < -0.4 is 0 Å². The molecule has 1 aliphatic rings. The fourth-order valence-corrected chi connectivity index (χ4v) is 2.73. The van der Waals surface area contributed by atoms with Gasteiger partial charge in [-0.3, -0.25) is 14.5 Å². The van der Waals surface area contributed by atoms with Gasteiger partial charge in [-0.15, -0.1) is 0 Å². The van der Waals surface area contributed by atoms with Crippen molar-refractivity contribution in [3.8, 4) is 0 Å². The molecule has 0 aliphatic carbocycles. The lowest BCUT2D eigenvalue weighted by Crippen LogP contribution is -2.28. The molecular weight excluding hydrogens is 271 g/mol. The van der Waals surface area contributed by atoms with Crippen molar-refractivity contribution in [2.45, 2.75) is 11.7 Å². The second kappa shape index (κ2) is 5.40. The first-order chi connectivity index (χ1) is 8.97. The van der Waals surface area contributed by atoms with Gasteiger partial charge in [0, 0.05) is 7.05 Å². The molecule has 19 heavy (non-hydrogen) atoms. The van der Waals surface area contributed by atoms with E-state index in [1.54, 1.807) is 7.05 Å². The molecule has 1 aliphatic heterocycles. The molecule has 0 radical (unpaired) electrons. The average molecular weight is 282 g/mol. The Hall–Kier alpha value is -1.89. The van der Waals surface area contributed by atoms with E-state index in [4.69, 9.17) is 5.11 Å². The molecule has 1 amide bonds. The van der Waals surface area contributed by atoms with Gasteiger partial charge in [0.25, 0.3) is 0 Å². The minimum absolute atomic E-state index is 0.240. The van der Waals surface area contributed by atoms with Crippen molar-refractivity contribution >= 4 is 34.5 Å². The first-order valence-corrected chi connectivity index (χ1v) is 6.35. The Kier molecular flexibility index (Phi) is 3.84. The number of carboxylic acids is 1. The van der Waals surface area contributed by atoms with Crippen LogP contribution in [0.4, 0.5) is 10.1 Å². The minimum atomic E-state index is -1.03. The molecule has 1 aromatic rings. The highest BCUT2D eigenvalue weighted by atomic mass is 32.2. The molecule has 1 fully saturated rings. The van der Waals surface area contributed by atoms with Gasteiger partial charge in [0.05, 0.1) is 12.1 Å². The summed E-state index contributed by atoms with van der Waals surface area (Å²) >= 11 is 1.11. The Morgan fingerprint density at radius 1 is 1.47 bits per heavy atom. The Balaban J connectivity index is 2.19. The van der Waals surface area contributed by atoms with E-state index < -0.39 is 11.2 Å². The highest BCUT2D eigenvalue weighted by molar-refractivity contribution is 8.15. The number of carbonyl (C=O) groups excluding carboxylic acids is 1. The molecule has 1 unspecified atom stereocenters. The lowest BCUT2D eigenvalue weighted by molar-refractivity contribution is -0.139. The van der Waals surface area contributed by atoms with Crippen molar-refractivity contribution in [2.24, 2.45) is 4.99 Å². The van der Waals surface area contributed by atoms with Crippen molar-refractivity contribution < 1.29 is 19.1 Å². The van der Waals surface area contributed by atoms with Gasteiger partial charge >= 0.3 is 5.97 Å². The summed E-state index contributed by atoms with van der Waals surface area (Å²) < 4.78 is 12.8. The third-order valence-corrected chi connectivity index (χ3v) is 3.78. The molecule has 0 spiro atoms. The fraction of sp³-hybridized carbons (Fsp3) is 0.250. The number of carbonyl (C=O) groups is 2. The molecule has 1 saturated heterocycles. The first kappa shape index (κ1) is 13.5.